The molecule has 14 heavy (non-hydrogen) atoms. The highest BCUT2D eigenvalue weighted by atomic mass is 79.9. The third-order valence-electron chi connectivity index (χ3n) is 2.22. The molecule has 1 aliphatic heterocycles. The largest absolute Gasteiger partial charge is 0.364 e. The van der Waals surface area contributed by atoms with Crippen LogP contribution in [0.5, 0.6) is 0 Å². The Morgan fingerprint density at radius 3 is 2.79 bits per heavy atom. The molecule has 5 nitrogen and oxygen atoms in total. The summed E-state index contributed by atoms with van der Waals surface area (Å²) in [6.07, 6.45) is 1.61. The van der Waals surface area contributed by atoms with Gasteiger partial charge in [0, 0.05) is 26.2 Å². The number of hydrogen-bond donors (Lipinski definition) is 2. The van der Waals surface area contributed by atoms with Crippen molar-refractivity contribution >= 4 is 21.6 Å². The summed E-state index contributed by atoms with van der Waals surface area (Å²) in [6.45, 7) is 3.53. The summed E-state index contributed by atoms with van der Waals surface area (Å²) >= 11 is 3.34. The lowest BCUT2D eigenvalue weighted by atomic mass is 10.3. The Morgan fingerprint density at radius 2 is 2.14 bits per heavy atom. The van der Waals surface area contributed by atoms with Crippen LogP contribution in [0, 0.1) is 0 Å². The van der Waals surface area contributed by atoms with Crippen molar-refractivity contribution in [2.24, 2.45) is 0 Å². The molecule has 1 aromatic heterocycles. The Labute approximate surface area is 89.6 Å². The van der Waals surface area contributed by atoms with Crippen LogP contribution in [-0.2, 0) is 0 Å². The fourth-order valence-corrected chi connectivity index (χ4v) is 2.09. The SMILES string of the molecule is O=c1[nH]ncc(Br)c1N1CCNCC1. The number of aromatic amines is 1. The molecule has 0 aliphatic carbocycles. The van der Waals surface area contributed by atoms with Crippen molar-refractivity contribution < 1.29 is 0 Å². The van der Waals surface area contributed by atoms with Gasteiger partial charge in [0.2, 0.25) is 0 Å². The summed E-state index contributed by atoms with van der Waals surface area (Å²) in [6, 6.07) is 0. The molecule has 0 aromatic carbocycles. The number of nitrogens with one attached hydrogen (secondary N) is 2. The molecule has 1 saturated heterocycles. The standard InChI is InChI=1S/C8H11BrN4O/c9-6-5-11-12-8(14)7(6)13-3-1-10-2-4-13/h5,10H,1-4H2,(H,12,14). The third-order valence-corrected chi connectivity index (χ3v) is 2.80. The van der Waals surface area contributed by atoms with Gasteiger partial charge in [-0.25, -0.2) is 5.10 Å². The molecule has 1 fully saturated rings. The molecule has 0 amide bonds. The van der Waals surface area contributed by atoms with Crippen molar-refractivity contribution in [1.29, 1.82) is 0 Å². The van der Waals surface area contributed by atoms with Crippen molar-refractivity contribution in [2.45, 2.75) is 0 Å². The van der Waals surface area contributed by atoms with Crippen molar-refractivity contribution in [3.05, 3.63) is 21.0 Å². The van der Waals surface area contributed by atoms with Crippen LogP contribution in [0.1, 0.15) is 0 Å². The molecule has 0 radical (unpaired) electrons. The van der Waals surface area contributed by atoms with E-state index in [1.165, 1.54) is 0 Å². The highest BCUT2D eigenvalue weighted by Crippen LogP contribution is 2.20. The van der Waals surface area contributed by atoms with Crippen LogP contribution in [0.15, 0.2) is 15.5 Å². The second-order valence-corrected chi connectivity index (χ2v) is 3.99. The quantitative estimate of drug-likeness (QED) is 0.742. The molecule has 0 unspecified atom stereocenters. The number of hydrogen-bond acceptors (Lipinski definition) is 4. The van der Waals surface area contributed by atoms with Crippen LogP contribution in [0.25, 0.3) is 0 Å². The number of piperazine rings is 1. The molecule has 1 aromatic rings. The van der Waals surface area contributed by atoms with Crippen molar-refractivity contribution in [2.75, 3.05) is 31.1 Å². The smallest absolute Gasteiger partial charge is 0.288 e. The van der Waals surface area contributed by atoms with E-state index in [9.17, 15) is 4.79 Å². The van der Waals surface area contributed by atoms with Gasteiger partial charge in [-0.15, -0.1) is 0 Å². The van der Waals surface area contributed by atoms with Crippen molar-refractivity contribution in [3.8, 4) is 0 Å². The third kappa shape index (κ3) is 1.80. The van der Waals surface area contributed by atoms with Crippen LogP contribution in [0.2, 0.25) is 0 Å². The van der Waals surface area contributed by atoms with Crippen LogP contribution in [-0.4, -0.2) is 36.4 Å². The second kappa shape index (κ2) is 4.10. The number of aromatic nitrogens is 2. The van der Waals surface area contributed by atoms with Gasteiger partial charge in [0.15, 0.2) is 0 Å². The molecule has 0 saturated carbocycles. The van der Waals surface area contributed by atoms with E-state index in [1.54, 1.807) is 6.20 Å². The Kier molecular flexibility index (Phi) is 2.83. The summed E-state index contributed by atoms with van der Waals surface area (Å²) in [7, 11) is 0. The predicted octanol–water partition coefficient (Wildman–Crippen LogP) is -0.0580. The van der Waals surface area contributed by atoms with E-state index < -0.39 is 0 Å². The maximum Gasteiger partial charge on any atom is 0.288 e. The monoisotopic (exact) mass is 258 g/mol. The van der Waals surface area contributed by atoms with Crippen LogP contribution in [0.4, 0.5) is 5.69 Å². The Balaban J connectivity index is 2.34. The van der Waals surface area contributed by atoms with Gasteiger partial charge in [-0.3, -0.25) is 4.79 Å². The van der Waals surface area contributed by atoms with Gasteiger partial charge < -0.3 is 10.2 Å². The van der Waals surface area contributed by atoms with Gasteiger partial charge in [0.25, 0.3) is 5.56 Å². The Morgan fingerprint density at radius 1 is 1.43 bits per heavy atom. The number of rotatable bonds is 1. The van der Waals surface area contributed by atoms with E-state index in [0.717, 1.165) is 30.7 Å². The summed E-state index contributed by atoms with van der Waals surface area (Å²) in [5, 5.41) is 9.39. The molecular weight excluding hydrogens is 248 g/mol. The average Bonchev–Trinajstić information content (AvgIpc) is 2.19. The van der Waals surface area contributed by atoms with E-state index in [2.05, 4.69) is 36.3 Å². The van der Waals surface area contributed by atoms with Crippen molar-refractivity contribution in [3.63, 3.8) is 0 Å². The lowest BCUT2D eigenvalue weighted by Crippen LogP contribution is -2.45. The van der Waals surface area contributed by atoms with Gasteiger partial charge in [-0.05, 0) is 15.9 Å². The Hall–Kier alpha value is -0.880. The lowest BCUT2D eigenvalue weighted by Gasteiger charge is -2.28. The summed E-state index contributed by atoms with van der Waals surface area (Å²) < 4.78 is 0.753. The number of H-pyrrole nitrogens is 1. The molecule has 6 heteroatoms. The normalized spacial score (nSPS) is 17.1. The zero-order valence-corrected chi connectivity index (χ0v) is 9.17. The number of halogens is 1. The van der Waals surface area contributed by atoms with E-state index in [4.69, 9.17) is 0 Å². The lowest BCUT2D eigenvalue weighted by molar-refractivity contribution is 0.586. The maximum absolute atomic E-state index is 11.5. The first-order chi connectivity index (χ1) is 6.79. The van der Waals surface area contributed by atoms with Gasteiger partial charge in [-0.2, -0.15) is 5.10 Å². The zero-order valence-electron chi connectivity index (χ0n) is 7.59. The first-order valence-corrected chi connectivity index (χ1v) is 5.27. The number of nitrogens with zero attached hydrogens (tertiary/aromatic N) is 2. The van der Waals surface area contributed by atoms with E-state index >= 15 is 0 Å². The van der Waals surface area contributed by atoms with Gasteiger partial charge in [-0.1, -0.05) is 0 Å². The molecule has 2 heterocycles. The van der Waals surface area contributed by atoms with E-state index in [1.807, 2.05) is 0 Å². The second-order valence-electron chi connectivity index (χ2n) is 3.13. The maximum atomic E-state index is 11.5. The summed E-state index contributed by atoms with van der Waals surface area (Å²) in [5.41, 5.74) is 0.544. The predicted molar refractivity (Wildman–Crippen MR) is 57.6 cm³/mol. The zero-order chi connectivity index (χ0) is 9.97. The van der Waals surface area contributed by atoms with Crippen LogP contribution in [0.3, 0.4) is 0 Å². The molecule has 2 rings (SSSR count). The highest BCUT2D eigenvalue weighted by Gasteiger charge is 2.16. The average molecular weight is 259 g/mol. The fraction of sp³-hybridized carbons (Fsp3) is 0.500. The molecule has 0 spiro atoms. The first-order valence-electron chi connectivity index (χ1n) is 4.48. The van der Waals surface area contributed by atoms with E-state index in [0.29, 0.717) is 5.69 Å². The van der Waals surface area contributed by atoms with Crippen LogP contribution >= 0.6 is 15.9 Å². The number of anilines is 1. The summed E-state index contributed by atoms with van der Waals surface area (Å²) in [5.74, 6) is 0. The molecule has 0 atom stereocenters. The molecule has 0 bridgehead atoms. The molecule has 1 aliphatic rings. The van der Waals surface area contributed by atoms with Crippen molar-refractivity contribution in [1.82, 2.24) is 15.5 Å². The van der Waals surface area contributed by atoms with E-state index in [-0.39, 0.29) is 5.56 Å². The highest BCUT2D eigenvalue weighted by molar-refractivity contribution is 9.10. The molecule has 2 N–H and O–H groups in total. The minimum atomic E-state index is -0.138. The van der Waals surface area contributed by atoms with Crippen LogP contribution < -0.4 is 15.8 Å². The van der Waals surface area contributed by atoms with Gasteiger partial charge >= 0.3 is 0 Å². The summed E-state index contributed by atoms with van der Waals surface area (Å²) in [4.78, 5) is 13.6. The minimum Gasteiger partial charge on any atom is -0.364 e. The molecule has 76 valence electrons. The van der Waals surface area contributed by atoms with Gasteiger partial charge in [0.05, 0.1) is 10.7 Å². The van der Waals surface area contributed by atoms with Gasteiger partial charge in [0.1, 0.15) is 5.69 Å². The Bertz CT molecular complexity index is 372. The minimum absolute atomic E-state index is 0.138. The topological polar surface area (TPSA) is 61.0 Å². The molecular formula is C8H11BrN4O. The first kappa shape index (κ1) is 9.67. The fourth-order valence-electron chi connectivity index (χ4n) is 1.55.